The van der Waals surface area contributed by atoms with Gasteiger partial charge in [-0.25, -0.2) is 4.79 Å². The average Bonchev–Trinajstić information content (AvgIpc) is 2.56. The minimum atomic E-state index is -0.329. The van der Waals surface area contributed by atoms with Crippen LogP contribution in [0.3, 0.4) is 0 Å². The van der Waals surface area contributed by atoms with Crippen molar-refractivity contribution >= 4 is 63.8 Å². The summed E-state index contributed by atoms with van der Waals surface area (Å²) in [7, 11) is 0. The number of hydrogen-bond acceptors (Lipinski definition) is 3. The van der Waals surface area contributed by atoms with Crippen molar-refractivity contribution in [1.29, 1.82) is 0 Å². The van der Waals surface area contributed by atoms with E-state index in [1.54, 1.807) is 18.2 Å². The van der Waals surface area contributed by atoms with Gasteiger partial charge < -0.3 is 16.0 Å². The molecular formula is C16H16Cl4N4O. The lowest BCUT2D eigenvalue weighted by Gasteiger charge is -2.16. The third kappa shape index (κ3) is 6.12. The molecule has 9 heteroatoms. The normalized spacial score (nSPS) is 11.7. The SMILES string of the molecule is CC(CNC(=O)Nc1ccc(Cl)c(Cl)c1)CNc1c(Cl)cncc1Cl. The Bertz CT molecular complexity index is 737. The number of carbonyl (C=O) groups is 1. The minimum absolute atomic E-state index is 0.139. The van der Waals surface area contributed by atoms with Gasteiger partial charge in [-0.2, -0.15) is 0 Å². The molecule has 0 aliphatic carbocycles. The Hall–Kier alpha value is -1.40. The van der Waals surface area contributed by atoms with Crippen LogP contribution >= 0.6 is 46.4 Å². The van der Waals surface area contributed by atoms with Gasteiger partial charge in [0, 0.05) is 31.2 Å². The topological polar surface area (TPSA) is 66.1 Å². The number of aromatic nitrogens is 1. The maximum absolute atomic E-state index is 11.9. The highest BCUT2D eigenvalue weighted by atomic mass is 35.5. The van der Waals surface area contributed by atoms with E-state index < -0.39 is 0 Å². The Balaban J connectivity index is 1.78. The van der Waals surface area contributed by atoms with Crippen LogP contribution in [0.5, 0.6) is 0 Å². The summed E-state index contributed by atoms with van der Waals surface area (Å²) < 4.78 is 0. The summed E-state index contributed by atoms with van der Waals surface area (Å²) in [6.07, 6.45) is 3.03. The van der Waals surface area contributed by atoms with Crippen molar-refractivity contribution in [2.24, 2.45) is 5.92 Å². The van der Waals surface area contributed by atoms with E-state index in [-0.39, 0.29) is 11.9 Å². The van der Waals surface area contributed by atoms with Crippen LogP contribution in [-0.2, 0) is 0 Å². The number of nitrogens with one attached hydrogen (secondary N) is 3. The van der Waals surface area contributed by atoms with Crippen molar-refractivity contribution in [3.05, 3.63) is 50.7 Å². The van der Waals surface area contributed by atoms with E-state index in [9.17, 15) is 4.79 Å². The third-order valence-corrected chi connectivity index (χ3v) is 4.58. The molecule has 0 radical (unpaired) electrons. The fraction of sp³-hybridized carbons (Fsp3) is 0.250. The largest absolute Gasteiger partial charge is 0.382 e. The zero-order valence-corrected chi connectivity index (χ0v) is 16.3. The van der Waals surface area contributed by atoms with Crippen LogP contribution in [0.1, 0.15) is 6.92 Å². The number of carbonyl (C=O) groups excluding carboxylic acids is 1. The minimum Gasteiger partial charge on any atom is -0.382 e. The molecule has 1 atom stereocenters. The predicted molar refractivity (Wildman–Crippen MR) is 105 cm³/mol. The molecule has 2 amide bonds. The number of nitrogens with zero attached hydrogens (tertiary/aromatic N) is 1. The van der Waals surface area contributed by atoms with Gasteiger partial charge in [0.15, 0.2) is 0 Å². The summed E-state index contributed by atoms with van der Waals surface area (Å²) >= 11 is 23.8. The van der Waals surface area contributed by atoms with Crippen LogP contribution in [0.25, 0.3) is 0 Å². The molecule has 0 fully saturated rings. The molecule has 0 saturated carbocycles. The van der Waals surface area contributed by atoms with Crippen molar-refractivity contribution in [3.63, 3.8) is 0 Å². The van der Waals surface area contributed by atoms with E-state index in [0.717, 1.165) is 0 Å². The van der Waals surface area contributed by atoms with Gasteiger partial charge in [-0.1, -0.05) is 53.3 Å². The van der Waals surface area contributed by atoms with Gasteiger partial charge in [-0.05, 0) is 24.1 Å². The molecule has 25 heavy (non-hydrogen) atoms. The molecular weight excluding hydrogens is 406 g/mol. The molecule has 134 valence electrons. The van der Waals surface area contributed by atoms with E-state index in [2.05, 4.69) is 20.9 Å². The summed E-state index contributed by atoms with van der Waals surface area (Å²) in [4.78, 5) is 15.8. The van der Waals surface area contributed by atoms with Gasteiger partial charge in [-0.3, -0.25) is 4.98 Å². The summed E-state index contributed by atoms with van der Waals surface area (Å²) in [5, 5.41) is 10.3. The molecule has 0 aliphatic heterocycles. The zero-order valence-electron chi connectivity index (χ0n) is 13.2. The lowest BCUT2D eigenvalue weighted by Crippen LogP contribution is -2.34. The van der Waals surface area contributed by atoms with E-state index in [0.29, 0.717) is 44.6 Å². The molecule has 0 bridgehead atoms. The molecule has 5 nitrogen and oxygen atoms in total. The van der Waals surface area contributed by atoms with Gasteiger partial charge in [-0.15, -0.1) is 0 Å². The molecule has 3 N–H and O–H groups in total. The zero-order chi connectivity index (χ0) is 18.4. The van der Waals surface area contributed by atoms with Crippen LogP contribution in [0.2, 0.25) is 20.1 Å². The van der Waals surface area contributed by atoms with Crippen molar-refractivity contribution in [1.82, 2.24) is 10.3 Å². The fourth-order valence-corrected chi connectivity index (χ4v) is 2.74. The molecule has 2 rings (SSSR count). The van der Waals surface area contributed by atoms with Crippen molar-refractivity contribution in [2.45, 2.75) is 6.92 Å². The van der Waals surface area contributed by atoms with Gasteiger partial charge in [0.2, 0.25) is 0 Å². The van der Waals surface area contributed by atoms with E-state index in [4.69, 9.17) is 46.4 Å². The Labute approximate surface area is 166 Å². The Morgan fingerprint density at radius 2 is 1.72 bits per heavy atom. The number of benzene rings is 1. The highest BCUT2D eigenvalue weighted by molar-refractivity contribution is 6.42. The maximum atomic E-state index is 11.9. The van der Waals surface area contributed by atoms with Crippen LogP contribution in [0.4, 0.5) is 16.2 Å². The first-order chi connectivity index (χ1) is 11.9. The number of pyridine rings is 1. The Kier molecular flexibility index (Phi) is 7.44. The first kappa shape index (κ1) is 19.9. The van der Waals surface area contributed by atoms with Gasteiger partial charge in [0.1, 0.15) is 0 Å². The maximum Gasteiger partial charge on any atom is 0.319 e. The number of anilines is 2. The van der Waals surface area contributed by atoms with Crippen molar-refractivity contribution < 1.29 is 4.79 Å². The third-order valence-electron chi connectivity index (χ3n) is 3.27. The number of urea groups is 1. The van der Waals surface area contributed by atoms with Crippen LogP contribution < -0.4 is 16.0 Å². The van der Waals surface area contributed by atoms with Gasteiger partial charge in [0.25, 0.3) is 0 Å². The first-order valence-corrected chi connectivity index (χ1v) is 8.90. The van der Waals surface area contributed by atoms with Crippen molar-refractivity contribution in [2.75, 3.05) is 23.7 Å². The van der Waals surface area contributed by atoms with Crippen LogP contribution in [-0.4, -0.2) is 24.1 Å². The molecule has 0 aliphatic rings. The molecule has 0 spiro atoms. The molecule has 1 heterocycles. The smallest absolute Gasteiger partial charge is 0.319 e. The van der Waals surface area contributed by atoms with Gasteiger partial charge >= 0.3 is 6.03 Å². The van der Waals surface area contributed by atoms with Crippen LogP contribution in [0.15, 0.2) is 30.6 Å². The predicted octanol–water partition coefficient (Wildman–Crippen LogP) is 5.56. The second kappa shape index (κ2) is 9.34. The lowest BCUT2D eigenvalue weighted by molar-refractivity contribution is 0.250. The molecule has 1 aromatic carbocycles. The molecule has 0 saturated heterocycles. The van der Waals surface area contributed by atoms with E-state index >= 15 is 0 Å². The molecule has 1 unspecified atom stereocenters. The molecule has 1 aromatic heterocycles. The van der Waals surface area contributed by atoms with Crippen LogP contribution in [0, 0.1) is 5.92 Å². The summed E-state index contributed by atoms with van der Waals surface area (Å²) in [6.45, 7) is 3.02. The number of rotatable bonds is 6. The summed E-state index contributed by atoms with van der Waals surface area (Å²) in [5.41, 5.74) is 1.19. The van der Waals surface area contributed by atoms with E-state index in [1.165, 1.54) is 12.4 Å². The molecule has 2 aromatic rings. The second-order valence-electron chi connectivity index (χ2n) is 5.43. The van der Waals surface area contributed by atoms with Crippen molar-refractivity contribution in [3.8, 4) is 0 Å². The monoisotopic (exact) mass is 420 g/mol. The Morgan fingerprint density at radius 3 is 2.36 bits per heavy atom. The number of amides is 2. The average molecular weight is 422 g/mol. The summed E-state index contributed by atoms with van der Waals surface area (Å²) in [6, 6.07) is 4.55. The Morgan fingerprint density at radius 1 is 1.04 bits per heavy atom. The van der Waals surface area contributed by atoms with E-state index in [1.807, 2.05) is 6.92 Å². The number of hydrogen-bond donors (Lipinski definition) is 3. The highest BCUT2D eigenvalue weighted by Crippen LogP contribution is 2.28. The summed E-state index contributed by atoms with van der Waals surface area (Å²) in [5.74, 6) is 0.139. The quantitative estimate of drug-likeness (QED) is 0.571. The highest BCUT2D eigenvalue weighted by Gasteiger charge is 2.10. The van der Waals surface area contributed by atoms with Gasteiger partial charge in [0.05, 0.1) is 25.8 Å². The second-order valence-corrected chi connectivity index (χ2v) is 7.06. The first-order valence-electron chi connectivity index (χ1n) is 7.39. The lowest BCUT2D eigenvalue weighted by atomic mass is 10.2. The standard InChI is InChI=1S/C16H16Cl4N4O/c1-9(5-22-15-13(19)7-21-8-14(15)20)6-23-16(25)24-10-2-3-11(17)12(18)4-10/h2-4,7-9H,5-6H2,1H3,(H,21,22)(H2,23,24,25). The fourth-order valence-electron chi connectivity index (χ4n) is 1.94. The number of halogens is 4.